The summed E-state index contributed by atoms with van der Waals surface area (Å²) in [6.07, 6.45) is 3.65. The molecular formula is C12H18N2. The highest BCUT2D eigenvalue weighted by Crippen LogP contribution is 2.31. The average molecular weight is 190 g/mol. The Bertz CT molecular complexity index is 320. The van der Waals surface area contributed by atoms with Gasteiger partial charge >= 0.3 is 0 Å². The number of rotatable bonds is 3. The van der Waals surface area contributed by atoms with Gasteiger partial charge in [0.15, 0.2) is 0 Å². The number of anilines is 2. The van der Waals surface area contributed by atoms with Gasteiger partial charge in [-0.3, -0.25) is 0 Å². The van der Waals surface area contributed by atoms with Crippen LogP contribution < -0.4 is 10.6 Å². The SMILES string of the molecule is CCCCN1CCc2c(N)cccc21. The number of hydrogen-bond donors (Lipinski definition) is 1. The number of nitrogen functional groups attached to an aromatic ring is 1. The van der Waals surface area contributed by atoms with Crippen molar-refractivity contribution >= 4 is 11.4 Å². The van der Waals surface area contributed by atoms with Crippen LogP contribution in [0.4, 0.5) is 11.4 Å². The molecule has 2 rings (SSSR count). The Labute approximate surface area is 85.7 Å². The molecule has 0 saturated heterocycles. The van der Waals surface area contributed by atoms with E-state index >= 15 is 0 Å². The van der Waals surface area contributed by atoms with Gasteiger partial charge < -0.3 is 10.6 Å². The van der Waals surface area contributed by atoms with Gasteiger partial charge in [0.25, 0.3) is 0 Å². The van der Waals surface area contributed by atoms with Crippen LogP contribution >= 0.6 is 0 Å². The number of nitrogens with two attached hydrogens (primary N) is 1. The minimum Gasteiger partial charge on any atom is -0.398 e. The smallest absolute Gasteiger partial charge is 0.0420 e. The molecule has 76 valence electrons. The van der Waals surface area contributed by atoms with Crippen molar-refractivity contribution in [3.8, 4) is 0 Å². The van der Waals surface area contributed by atoms with Crippen LogP contribution in [-0.2, 0) is 6.42 Å². The van der Waals surface area contributed by atoms with E-state index in [0.717, 1.165) is 18.7 Å². The molecule has 1 aromatic carbocycles. The van der Waals surface area contributed by atoms with Crippen LogP contribution in [-0.4, -0.2) is 13.1 Å². The van der Waals surface area contributed by atoms with Crippen LogP contribution in [0.1, 0.15) is 25.3 Å². The third-order valence-corrected chi connectivity index (χ3v) is 2.94. The van der Waals surface area contributed by atoms with Gasteiger partial charge in [-0.25, -0.2) is 0 Å². The molecule has 0 aromatic heterocycles. The monoisotopic (exact) mass is 190 g/mol. The third kappa shape index (κ3) is 1.57. The fourth-order valence-electron chi connectivity index (χ4n) is 2.11. The first-order chi connectivity index (χ1) is 6.83. The summed E-state index contributed by atoms with van der Waals surface area (Å²) in [5, 5.41) is 0. The average Bonchev–Trinajstić information content (AvgIpc) is 2.60. The van der Waals surface area contributed by atoms with Crippen LogP contribution in [0.25, 0.3) is 0 Å². The maximum atomic E-state index is 5.94. The molecule has 0 aliphatic carbocycles. The van der Waals surface area contributed by atoms with E-state index in [2.05, 4.69) is 24.0 Å². The summed E-state index contributed by atoms with van der Waals surface area (Å²) in [6, 6.07) is 6.24. The van der Waals surface area contributed by atoms with Crippen LogP contribution in [0, 0.1) is 0 Å². The zero-order valence-electron chi connectivity index (χ0n) is 8.79. The maximum Gasteiger partial charge on any atom is 0.0420 e. The van der Waals surface area contributed by atoms with Crippen LogP contribution in [0.2, 0.25) is 0 Å². The quantitative estimate of drug-likeness (QED) is 0.742. The van der Waals surface area contributed by atoms with Crippen molar-refractivity contribution in [3.63, 3.8) is 0 Å². The minimum atomic E-state index is 0.960. The van der Waals surface area contributed by atoms with Gasteiger partial charge in [-0.1, -0.05) is 19.4 Å². The van der Waals surface area contributed by atoms with Crippen molar-refractivity contribution < 1.29 is 0 Å². The molecule has 14 heavy (non-hydrogen) atoms. The summed E-state index contributed by atoms with van der Waals surface area (Å²) in [4.78, 5) is 2.45. The number of benzene rings is 1. The molecule has 1 heterocycles. The lowest BCUT2D eigenvalue weighted by Gasteiger charge is -2.18. The lowest BCUT2D eigenvalue weighted by Crippen LogP contribution is -2.21. The summed E-state index contributed by atoms with van der Waals surface area (Å²) in [7, 11) is 0. The van der Waals surface area contributed by atoms with Crippen molar-refractivity contribution in [1.82, 2.24) is 0 Å². The van der Waals surface area contributed by atoms with E-state index < -0.39 is 0 Å². The van der Waals surface area contributed by atoms with E-state index in [1.165, 1.54) is 30.6 Å². The van der Waals surface area contributed by atoms with Crippen molar-refractivity contribution in [3.05, 3.63) is 23.8 Å². The lowest BCUT2D eigenvalue weighted by atomic mass is 10.1. The molecule has 2 N–H and O–H groups in total. The molecule has 0 fully saturated rings. The molecule has 0 bridgehead atoms. The number of hydrogen-bond acceptors (Lipinski definition) is 2. The van der Waals surface area contributed by atoms with Crippen molar-refractivity contribution in [2.75, 3.05) is 23.7 Å². The van der Waals surface area contributed by atoms with Crippen molar-refractivity contribution in [2.24, 2.45) is 0 Å². The zero-order chi connectivity index (χ0) is 9.97. The van der Waals surface area contributed by atoms with E-state index in [0.29, 0.717) is 0 Å². The fraction of sp³-hybridized carbons (Fsp3) is 0.500. The standard InChI is InChI=1S/C12H18N2/c1-2-3-8-14-9-7-10-11(13)5-4-6-12(10)14/h4-6H,2-3,7-9,13H2,1H3. The molecule has 1 aliphatic heterocycles. The van der Waals surface area contributed by atoms with Gasteiger partial charge in [0.05, 0.1) is 0 Å². The molecule has 1 aliphatic rings. The van der Waals surface area contributed by atoms with Gasteiger partial charge in [-0.05, 0) is 25.0 Å². The van der Waals surface area contributed by atoms with Gasteiger partial charge in [0.2, 0.25) is 0 Å². The molecule has 2 heteroatoms. The molecule has 0 amide bonds. The highest BCUT2D eigenvalue weighted by molar-refractivity contribution is 5.68. The predicted molar refractivity (Wildman–Crippen MR) is 61.7 cm³/mol. The molecule has 0 radical (unpaired) electrons. The molecule has 1 aromatic rings. The predicted octanol–water partition coefficient (Wildman–Crippen LogP) is 2.43. The summed E-state index contributed by atoms with van der Waals surface area (Å²) >= 11 is 0. The third-order valence-electron chi connectivity index (χ3n) is 2.94. The second-order valence-corrected chi connectivity index (χ2v) is 3.94. The minimum absolute atomic E-state index is 0.960. The molecule has 0 unspecified atom stereocenters. The second kappa shape index (κ2) is 3.91. The Kier molecular flexibility index (Phi) is 2.62. The Morgan fingerprint density at radius 2 is 2.29 bits per heavy atom. The first kappa shape index (κ1) is 9.38. The van der Waals surface area contributed by atoms with E-state index in [-0.39, 0.29) is 0 Å². The summed E-state index contributed by atoms with van der Waals surface area (Å²) in [5.74, 6) is 0. The highest BCUT2D eigenvalue weighted by Gasteiger charge is 2.19. The largest absolute Gasteiger partial charge is 0.398 e. The summed E-state index contributed by atoms with van der Waals surface area (Å²) in [5.41, 5.74) is 9.61. The fourth-order valence-corrected chi connectivity index (χ4v) is 2.11. The van der Waals surface area contributed by atoms with Crippen LogP contribution in [0.15, 0.2) is 18.2 Å². The second-order valence-electron chi connectivity index (χ2n) is 3.94. The van der Waals surface area contributed by atoms with Crippen LogP contribution in [0.5, 0.6) is 0 Å². The van der Waals surface area contributed by atoms with Crippen LogP contribution in [0.3, 0.4) is 0 Å². The first-order valence-electron chi connectivity index (χ1n) is 5.45. The van der Waals surface area contributed by atoms with Gasteiger partial charge in [-0.2, -0.15) is 0 Å². The maximum absolute atomic E-state index is 5.94. The lowest BCUT2D eigenvalue weighted by molar-refractivity contribution is 0.736. The van der Waals surface area contributed by atoms with E-state index in [9.17, 15) is 0 Å². The highest BCUT2D eigenvalue weighted by atomic mass is 15.1. The molecule has 0 saturated carbocycles. The van der Waals surface area contributed by atoms with Gasteiger partial charge in [0, 0.05) is 30.0 Å². The summed E-state index contributed by atoms with van der Waals surface area (Å²) < 4.78 is 0. The first-order valence-corrected chi connectivity index (χ1v) is 5.45. The molecule has 0 atom stereocenters. The Morgan fingerprint density at radius 1 is 1.43 bits per heavy atom. The number of nitrogens with zero attached hydrogens (tertiary/aromatic N) is 1. The molecule has 0 spiro atoms. The Balaban J connectivity index is 2.18. The van der Waals surface area contributed by atoms with Crippen molar-refractivity contribution in [1.29, 1.82) is 0 Å². The normalized spacial score (nSPS) is 14.5. The van der Waals surface area contributed by atoms with E-state index in [4.69, 9.17) is 5.73 Å². The topological polar surface area (TPSA) is 29.3 Å². The Morgan fingerprint density at radius 3 is 3.07 bits per heavy atom. The van der Waals surface area contributed by atoms with E-state index in [1.807, 2.05) is 6.07 Å². The van der Waals surface area contributed by atoms with Gasteiger partial charge in [-0.15, -0.1) is 0 Å². The molecule has 2 nitrogen and oxygen atoms in total. The molecular weight excluding hydrogens is 172 g/mol. The Hall–Kier alpha value is -1.18. The zero-order valence-corrected chi connectivity index (χ0v) is 8.79. The number of fused-ring (bicyclic) bond motifs is 1. The number of unbranched alkanes of at least 4 members (excludes halogenated alkanes) is 1. The van der Waals surface area contributed by atoms with Gasteiger partial charge in [0.1, 0.15) is 0 Å². The van der Waals surface area contributed by atoms with Crippen molar-refractivity contribution in [2.45, 2.75) is 26.2 Å². The summed E-state index contributed by atoms with van der Waals surface area (Å²) in [6.45, 7) is 4.55. The van der Waals surface area contributed by atoms with E-state index in [1.54, 1.807) is 0 Å².